The van der Waals surface area contributed by atoms with Crippen LogP contribution in [-0.2, 0) is 4.74 Å². The van der Waals surface area contributed by atoms with E-state index in [2.05, 4.69) is 5.32 Å². The third-order valence-electron chi connectivity index (χ3n) is 2.14. The van der Waals surface area contributed by atoms with Gasteiger partial charge in [0.25, 0.3) is 0 Å². The molecule has 80 valence electrons. The Labute approximate surface area is 92.8 Å². The zero-order valence-corrected chi connectivity index (χ0v) is 8.83. The van der Waals surface area contributed by atoms with Crippen molar-refractivity contribution in [3.05, 3.63) is 29.3 Å². The first kappa shape index (κ1) is 10.3. The fourth-order valence-corrected chi connectivity index (χ4v) is 1.44. The SMILES string of the molecule is O=C(Nc1ccc(Cl)cc1)N1CCOC1. The average Bonchev–Trinajstić information content (AvgIpc) is 2.74. The third kappa shape index (κ3) is 2.61. The van der Waals surface area contributed by atoms with E-state index in [0.717, 1.165) is 5.69 Å². The van der Waals surface area contributed by atoms with Gasteiger partial charge in [-0.3, -0.25) is 4.90 Å². The molecule has 0 atom stereocenters. The monoisotopic (exact) mass is 226 g/mol. The van der Waals surface area contributed by atoms with Gasteiger partial charge in [0.05, 0.1) is 6.61 Å². The van der Waals surface area contributed by atoms with Crippen LogP contribution in [0.2, 0.25) is 5.02 Å². The summed E-state index contributed by atoms with van der Waals surface area (Å²) >= 11 is 5.73. The number of amides is 2. The number of carbonyl (C=O) groups is 1. The minimum absolute atomic E-state index is 0.144. The smallest absolute Gasteiger partial charge is 0.323 e. The van der Waals surface area contributed by atoms with E-state index < -0.39 is 0 Å². The molecule has 0 spiro atoms. The molecule has 1 saturated heterocycles. The Balaban J connectivity index is 1.96. The Morgan fingerprint density at radius 2 is 2.13 bits per heavy atom. The quantitative estimate of drug-likeness (QED) is 0.797. The first-order chi connectivity index (χ1) is 7.25. The topological polar surface area (TPSA) is 41.6 Å². The van der Waals surface area contributed by atoms with Gasteiger partial charge in [-0.05, 0) is 24.3 Å². The van der Waals surface area contributed by atoms with Crippen LogP contribution in [0.4, 0.5) is 10.5 Å². The number of urea groups is 1. The maximum absolute atomic E-state index is 11.6. The molecule has 5 heteroatoms. The van der Waals surface area contributed by atoms with Crippen LogP contribution >= 0.6 is 11.6 Å². The molecule has 4 nitrogen and oxygen atoms in total. The highest BCUT2D eigenvalue weighted by atomic mass is 35.5. The van der Waals surface area contributed by atoms with Crippen molar-refractivity contribution < 1.29 is 9.53 Å². The molecule has 1 aromatic rings. The molecule has 2 rings (SSSR count). The Morgan fingerprint density at radius 1 is 1.40 bits per heavy atom. The number of hydrogen-bond acceptors (Lipinski definition) is 2. The summed E-state index contributed by atoms with van der Waals surface area (Å²) in [6.07, 6.45) is 0. The maximum atomic E-state index is 11.6. The molecule has 2 amide bonds. The zero-order chi connectivity index (χ0) is 10.7. The first-order valence-electron chi connectivity index (χ1n) is 4.65. The van der Waals surface area contributed by atoms with Gasteiger partial charge in [-0.25, -0.2) is 4.79 Å². The summed E-state index contributed by atoms with van der Waals surface area (Å²) in [5.41, 5.74) is 0.733. The molecule has 1 heterocycles. The average molecular weight is 227 g/mol. The first-order valence-corrected chi connectivity index (χ1v) is 5.03. The minimum atomic E-state index is -0.144. The van der Waals surface area contributed by atoms with E-state index in [1.807, 2.05) is 0 Å². The maximum Gasteiger partial charge on any atom is 0.323 e. The Morgan fingerprint density at radius 3 is 2.73 bits per heavy atom. The van der Waals surface area contributed by atoms with Gasteiger partial charge in [-0.2, -0.15) is 0 Å². The second-order valence-corrected chi connectivity index (χ2v) is 3.67. The standard InChI is InChI=1S/C10H11ClN2O2/c11-8-1-3-9(4-2-8)12-10(14)13-5-6-15-7-13/h1-4H,5-7H2,(H,12,14). The molecule has 1 aliphatic heterocycles. The summed E-state index contributed by atoms with van der Waals surface area (Å²) in [5.74, 6) is 0. The fourth-order valence-electron chi connectivity index (χ4n) is 1.31. The Bertz CT molecular complexity index is 347. The van der Waals surface area contributed by atoms with E-state index in [4.69, 9.17) is 16.3 Å². The van der Waals surface area contributed by atoms with Crippen LogP contribution in [0.3, 0.4) is 0 Å². The molecule has 0 unspecified atom stereocenters. The van der Waals surface area contributed by atoms with Crippen LogP contribution in [0.15, 0.2) is 24.3 Å². The molecule has 1 N–H and O–H groups in total. The summed E-state index contributed by atoms with van der Waals surface area (Å²) in [6, 6.07) is 6.85. The van der Waals surface area contributed by atoms with Gasteiger partial charge in [0.15, 0.2) is 0 Å². The van der Waals surface area contributed by atoms with Gasteiger partial charge in [0.2, 0.25) is 0 Å². The lowest BCUT2D eigenvalue weighted by molar-refractivity contribution is 0.150. The van der Waals surface area contributed by atoms with Crippen LogP contribution in [-0.4, -0.2) is 30.8 Å². The molecule has 0 aromatic heterocycles. The molecule has 0 saturated carbocycles. The van der Waals surface area contributed by atoms with E-state index in [-0.39, 0.29) is 6.03 Å². The van der Waals surface area contributed by atoms with Crippen molar-refractivity contribution in [2.75, 3.05) is 25.2 Å². The molecule has 15 heavy (non-hydrogen) atoms. The predicted octanol–water partition coefficient (Wildman–Crippen LogP) is 2.16. The molecule has 0 radical (unpaired) electrons. The van der Waals surface area contributed by atoms with E-state index >= 15 is 0 Å². The lowest BCUT2D eigenvalue weighted by Crippen LogP contribution is -2.32. The van der Waals surface area contributed by atoms with Crippen LogP contribution < -0.4 is 5.32 Å². The number of nitrogens with one attached hydrogen (secondary N) is 1. The minimum Gasteiger partial charge on any atom is -0.359 e. The number of rotatable bonds is 1. The number of hydrogen-bond donors (Lipinski definition) is 1. The summed E-state index contributed by atoms with van der Waals surface area (Å²) in [6.45, 7) is 1.60. The molecule has 1 fully saturated rings. The van der Waals surface area contributed by atoms with Gasteiger partial charge in [0.1, 0.15) is 6.73 Å². The van der Waals surface area contributed by atoms with Gasteiger partial charge >= 0.3 is 6.03 Å². The van der Waals surface area contributed by atoms with E-state index in [0.29, 0.717) is 24.9 Å². The molecule has 0 aliphatic carbocycles. The van der Waals surface area contributed by atoms with Crippen molar-refractivity contribution in [1.29, 1.82) is 0 Å². The van der Waals surface area contributed by atoms with Gasteiger partial charge in [0, 0.05) is 17.3 Å². The normalized spacial score (nSPS) is 15.4. The van der Waals surface area contributed by atoms with Crippen molar-refractivity contribution in [3.63, 3.8) is 0 Å². The second kappa shape index (κ2) is 4.51. The van der Waals surface area contributed by atoms with Crippen LogP contribution in [0.5, 0.6) is 0 Å². The van der Waals surface area contributed by atoms with Crippen molar-refractivity contribution in [1.82, 2.24) is 4.90 Å². The number of ether oxygens (including phenoxy) is 1. The van der Waals surface area contributed by atoms with Gasteiger partial charge in [-0.15, -0.1) is 0 Å². The number of nitrogens with zero attached hydrogens (tertiary/aromatic N) is 1. The number of carbonyl (C=O) groups excluding carboxylic acids is 1. The summed E-state index contributed by atoms with van der Waals surface area (Å²) < 4.78 is 5.08. The lowest BCUT2D eigenvalue weighted by Gasteiger charge is -2.14. The Kier molecular flexibility index (Phi) is 3.08. The van der Waals surface area contributed by atoms with E-state index in [1.165, 1.54) is 0 Å². The van der Waals surface area contributed by atoms with Gasteiger partial charge < -0.3 is 10.1 Å². The van der Waals surface area contributed by atoms with Gasteiger partial charge in [-0.1, -0.05) is 11.6 Å². The predicted molar refractivity (Wildman–Crippen MR) is 58.0 cm³/mol. The van der Waals surface area contributed by atoms with E-state index in [9.17, 15) is 4.79 Å². The summed E-state index contributed by atoms with van der Waals surface area (Å²) in [4.78, 5) is 13.2. The fraction of sp³-hybridized carbons (Fsp3) is 0.300. The summed E-state index contributed by atoms with van der Waals surface area (Å²) in [5, 5.41) is 3.41. The number of halogens is 1. The van der Waals surface area contributed by atoms with Crippen molar-refractivity contribution in [2.24, 2.45) is 0 Å². The second-order valence-electron chi connectivity index (χ2n) is 3.24. The molecular weight excluding hydrogens is 216 g/mol. The zero-order valence-electron chi connectivity index (χ0n) is 8.07. The van der Waals surface area contributed by atoms with Crippen LogP contribution in [0.25, 0.3) is 0 Å². The third-order valence-corrected chi connectivity index (χ3v) is 2.39. The highest BCUT2D eigenvalue weighted by Gasteiger charge is 2.17. The van der Waals surface area contributed by atoms with Crippen molar-refractivity contribution >= 4 is 23.3 Å². The Hall–Kier alpha value is -1.26. The van der Waals surface area contributed by atoms with E-state index in [1.54, 1.807) is 29.2 Å². The summed E-state index contributed by atoms with van der Waals surface area (Å²) in [7, 11) is 0. The highest BCUT2D eigenvalue weighted by molar-refractivity contribution is 6.30. The molecular formula is C10H11ClN2O2. The molecule has 1 aromatic carbocycles. The molecule has 0 bridgehead atoms. The van der Waals surface area contributed by atoms with Crippen LogP contribution in [0.1, 0.15) is 0 Å². The van der Waals surface area contributed by atoms with Crippen molar-refractivity contribution in [3.8, 4) is 0 Å². The largest absolute Gasteiger partial charge is 0.359 e. The number of benzene rings is 1. The molecule has 1 aliphatic rings. The lowest BCUT2D eigenvalue weighted by atomic mass is 10.3. The van der Waals surface area contributed by atoms with Crippen molar-refractivity contribution in [2.45, 2.75) is 0 Å². The highest BCUT2D eigenvalue weighted by Crippen LogP contribution is 2.14. The number of anilines is 1. The van der Waals surface area contributed by atoms with Crippen LogP contribution in [0, 0.1) is 0 Å².